The fourth-order valence-electron chi connectivity index (χ4n) is 1.91. The fraction of sp³-hybridized carbons (Fsp3) is 0.889. The van der Waals surface area contributed by atoms with Gasteiger partial charge in [0.15, 0.2) is 0 Å². The van der Waals surface area contributed by atoms with Gasteiger partial charge in [0, 0.05) is 13.5 Å². The largest absolute Gasteiger partial charge is 0.381 e. The maximum absolute atomic E-state index is 10.3. The molecule has 1 rings (SSSR count). The normalized spacial score (nSPS) is 21.9. The van der Waals surface area contributed by atoms with E-state index in [1.807, 2.05) is 0 Å². The average molecular weight is 156 g/mol. The molecule has 0 heterocycles. The summed E-state index contributed by atoms with van der Waals surface area (Å²) in [7, 11) is 1.70. The minimum Gasteiger partial charge on any atom is -0.381 e. The lowest BCUT2D eigenvalue weighted by molar-refractivity contribution is -0.110. The van der Waals surface area contributed by atoms with E-state index in [0.717, 1.165) is 6.29 Å². The summed E-state index contributed by atoms with van der Waals surface area (Å²) in [5, 5.41) is 0. The molecule has 2 heteroatoms. The molecule has 0 bridgehead atoms. The first-order chi connectivity index (χ1) is 5.38. The number of rotatable bonds is 4. The molecule has 0 aromatic heterocycles. The Labute approximate surface area is 67.9 Å². The zero-order valence-electron chi connectivity index (χ0n) is 7.08. The quantitative estimate of drug-likeness (QED) is 0.580. The third-order valence-electron chi connectivity index (χ3n) is 2.56. The monoisotopic (exact) mass is 156 g/mol. The van der Waals surface area contributed by atoms with Crippen LogP contribution in [0.5, 0.6) is 0 Å². The maximum Gasteiger partial charge on any atom is 0.122 e. The van der Waals surface area contributed by atoms with Gasteiger partial charge in [0.1, 0.15) is 6.29 Å². The molecule has 2 nitrogen and oxygen atoms in total. The number of carbonyl (C=O) groups is 1. The number of methoxy groups -OCH3 is 1. The molecule has 0 N–H and O–H groups in total. The molecular formula is C9H16O2. The summed E-state index contributed by atoms with van der Waals surface area (Å²) in [5.74, 6) is 0.644. The Morgan fingerprint density at radius 3 is 2.64 bits per heavy atom. The lowest BCUT2D eigenvalue weighted by Gasteiger charge is -2.18. The topological polar surface area (TPSA) is 26.3 Å². The molecular weight excluding hydrogens is 140 g/mol. The van der Waals surface area contributed by atoms with Crippen molar-refractivity contribution in [2.24, 2.45) is 5.92 Å². The van der Waals surface area contributed by atoms with Gasteiger partial charge in [-0.1, -0.05) is 12.8 Å². The smallest absolute Gasteiger partial charge is 0.122 e. The van der Waals surface area contributed by atoms with E-state index in [1.165, 1.54) is 25.7 Å². The van der Waals surface area contributed by atoms with Crippen LogP contribution in [0.15, 0.2) is 0 Å². The van der Waals surface area contributed by atoms with E-state index in [-0.39, 0.29) is 6.10 Å². The van der Waals surface area contributed by atoms with Crippen LogP contribution < -0.4 is 0 Å². The predicted octanol–water partition coefficient (Wildman–Crippen LogP) is 1.78. The molecule has 0 amide bonds. The SMILES string of the molecule is COC(CC=O)C1CCCC1. The van der Waals surface area contributed by atoms with Gasteiger partial charge in [-0.05, 0) is 18.8 Å². The Bertz CT molecular complexity index is 117. The first kappa shape index (κ1) is 8.72. The maximum atomic E-state index is 10.3. The van der Waals surface area contributed by atoms with E-state index in [0.29, 0.717) is 12.3 Å². The second-order valence-corrected chi connectivity index (χ2v) is 3.22. The van der Waals surface area contributed by atoms with E-state index >= 15 is 0 Å². The van der Waals surface area contributed by atoms with Gasteiger partial charge in [0.25, 0.3) is 0 Å². The Morgan fingerprint density at radius 1 is 1.55 bits per heavy atom. The first-order valence-electron chi connectivity index (χ1n) is 4.35. The van der Waals surface area contributed by atoms with E-state index in [9.17, 15) is 4.79 Å². The van der Waals surface area contributed by atoms with Crippen LogP contribution in [0.2, 0.25) is 0 Å². The highest BCUT2D eigenvalue weighted by Gasteiger charge is 2.23. The lowest BCUT2D eigenvalue weighted by atomic mass is 9.99. The van der Waals surface area contributed by atoms with Crippen molar-refractivity contribution in [1.82, 2.24) is 0 Å². The highest BCUT2D eigenvalue weighted by Crippen LogP contribution is 2.29. The summed E-state index contributed by atoms with van der Waals surface area (Å²) in [6.45, 7) is 0. The molecule has 1 atom stereocenters. The standard InChI is InChI=1S/C9H16O2/c1-11-9(6-7-10)8-4-2-3-5-8/h7-9H,2-6H2,1H3. The van der Waals surface area contributed by atoms with Crippen molar-refractivity contribution in [3.8, 4) is 0 Å². The molecule has 0 aromatic rings. The van der Waals surface area contributed by atoms with Gasteiger partial charge in [-0.25, -0.2) is 0 Å². The zero-order chi connectivity index (χ0) is 8.10. The molecule has 64 valence electrons. The molecule has 11 heavy (non-hydrogen) atoms. The molecule has 0 aliphatic heterocycles. The van der Waals surface area contributed by atoms with Crippen molar-refractivity contribution < 1.29 is 9.53 Å². The molecule has 1 aliphatic rings. The van der Waals surface area contributed by atoms with Crippen LogP contribution in [-0.2, 0) is 9.53 Å². The van der Waals surface area contributed by atoms with Crippen LogP contribution in [-0.4, -0.2) is 19.5 Å². The summed E-state index contributed by atoms with van der Waals surface area (Å²) < 4.78 is 5.24. The molecule has 0 spiro atoms. The Morgan fingerprint density at radius 2 is 2.18 bits per heavy atom. The second-order valence-electron chi connectivity index (χ2n) is 3.22. The third kappa shape index (κ3) is 2.29. The lowest BCUT2D eigenvalue weighted by Crippen LogP contribution is -2.20. The van der Waals surface area contributed by atoms with Gasteiger partial charge in [-0.15, -0.1) is 0 Å². The van der Waals surface area contributed by atoms with Crippen molar-refractivity contribution in [2.45, 2.75) is 38.2 Å². The summed E-state index contributed by atoms with van der Waals surface area (Å²) in [4.78, 5) is 10.3. The number of ether oxygens (including phenoxy) is 1. The van der Waals surface area contributed by atoms with Gasteiger partial charge in [-0.2, -0.15) is 0 Å². The molecule has 1 saturated carbocycles. The average Bonchev–Trinajstić information content (AvgIpc) is 2.52. The summed E-state index contributed by atoms with van der Waals surface area (Å²) in [5.41, 5.74) is 0. The van der Waals surface area contributed by atoms with Gasteiger partial charge >= 0.3 is 0 Å². The van der Waals surface area contributed by atoms with Gasteiger partial charge in [0.2, 0.25) is 0 Å². The Kier molecular flexibility index (Phi) is 3.57. The number of carbonyl (C=O) groups excluding carboxylic acids is 1. The minimum absolute atomic E-state index is 0.190. The summed E-state index contributed by atoms with van der Waals surface area (Å²) >= 11 is 0. The molecule has 1 aliphatic carbocycles. The van der Waals surface area contributed by atoms with Crippen molar-refractivity contribution in [3.05, 3.63) is 0 Å². The molecule has 1 fully saturated rings. The van der Waals surface area contributed by atoms with Crippen LogP contribution in [0, 0.1) is 5.92 Å². The minimum atomic E-state index is 0.190. The van der Waals surface area contributed by atoms with Crippen LogP contribution >= 0.6 is 0 Å². The number of hydrogen-bond donors (Lipinski definition) is 0. The second kappa shape index (κ2) is 4.50. The highest BCUT2D eigenvalue weighted by atomic mass is 16.5. The van der Waals surface area contributed by atoms with Crippen LogP contribution in [0.1, 0.15) is 32.1 Å². The van der Waals surface area contributed by atoms with Crippen molar-refractivity contribution >= 4 is 6.29 Å². The van der Waals surface area contributed by atoms with E-state index in [1.54, 1.807) is 7.11 Å². The van der Waals surface area contributed by atoms with Gasteiger partial charge < -0.3 is 9.53 Å². The van der Waals surface area contributed by atoms with Gasteiger partial charge in [-0.3, -0.25) is 0 Å². The van der Waals surface area contributed by atoms with Crippen molar-refractivity contribution in [2.75, 3.05) is 7.11 Å². The van der Waals surface area contributed by atoms with E-state index in [2.05, 4.69) is 0 Å². The van der Waals surface area contributed by atoms with Crippen molar-refractivity contribution in [1.29, 1.82) is 0 Å². The number of hydrogen-bond acceptors (Lipinski definition) is 2. The van der Waals surface area contributed by atoms with E-state index in [4.69, 9.17) is 4.74 Å². The first-order valence-corrected chi connectivity index (χ1v) is 4.35. The van der Waals surface area contributed by atoms with Crippen LogP contribution in [0.3, 0.4) is 0 Å². The predicted molar refractivity (Wildman–Crippen MR) is 43.4 cm³/mol. The Hall–Kier alpha value is -0.370. The third-order valence-corrected chi connectivity index (χ3v) is 2.56. The molecule has 1 unspecified atom stereocenters. The van der Waals surface area contributed by atoms with E-state index < -0.39 is 0 Å². The van der Waals surface area contributed by atoms with Crippen LogP contribution in [0.25, 0.3) is 0 Å². The molecule has 0 aromatic carbocycles. The zero-order valence-corrected chi connectivity index (χ0v) is 7.08. The fourth-order valence-corrected chi connectivity index (χ4v) is 1.91. The molecule has 0 saturated heterocycles. The summed E-state index contributed by atoms with van der Waals surface area (Å²) in [6.07, 6.45) is 6.83. The molecule has 0 radical (unpaired) electrons. The van der Waals surface area contributed by atoms with Gasteiger partial charge in [0.05, 0.1) is 6.10 Å². The summed E-state index contributed by atoms with van der Waals surface area (Å²) in [6, 6.07) is 0. The van der Waals surface area contributed by atoms with Crippen LogP contribution in [0.4, 0.5) is 0 Å². The van der Waals surface area contributed by atoms with Crippen molar-refractivity contribution in [3.63, 3.8) is 0 Å². The Balaban J connectivity index is 2.33. The number of aldehydes is 1. The highest BCUT2D eigenvalue weighted by molar-refractivity contribution is 5.50.